The summed E-state index contributed by atoms with van der Waals surface area (Å²) in [5.41, 5.74) is 0.631. The molecule has 0 saturated carbocycles. The first kappa shape index (κ1) is 9.72. The van der Waals surface area contributed by atoms with Gasteiger partial charge in [0, 0.05) is 18.6 Å². The van der Waals surface area contributed by atoms with Crippen molar-refractivity contribution in [2.24, 2.45) is 0 Å². The van der Waals surface area contributed by atoms with Crippen LogP contribution in [-0.2, 0) is 4.74 Å². The molecule has 0 atom stereocenters. The van der Waals surface area contributed by atoms with E-state index in [1.165, 1.54) is 6.07 Å². The zero-order valence-electron chi connectivity index (χ0n) is 8.77. The predicted octanol–water partition coefficient (Wildman–Crippen LogP) is 1.92. The smallest absolute Gasteiger partial charge is 0.214 e. The van der Waals surface area contributed by atoms with Gasteiger partial charge in [-0.1, -0.05) is 0 Å². The van der Waals surface area contributed by atoms with Crippen molar-refractivity contribution < 1.29 is 9.13 Å². The Labute approximate surface area is 92.0 Å². The van der Waals surface area contributed by atoms with Gasteiger partial charge in [-0.25, -0.2) is 4.68 Å². The monoisotopic (exact) mass is 221 g/mol. The number of ether oxygens (including phenoxy) is 1. The molecule has 1 fully saturated rings. The van der Waals surface area contributed by atoms with Crippen LogP contribution in [0.25, 0.3) is 11.0 Å². The van der Waals surface area contributed by atoms with E-state index in [2.05, 4.69) is 10.1 Å². The fourth-order valence-corrected chi connectivity index (χ4v) is 2.10. The summed E-state index contributed by atoms with van der Waals surface area (Å²) in [6, 6.07) is 3.35. The van der Waals surface area contributed by atoms with Crippen molar-refractivity contribution in [3.05, 3.63) is 24.3 Å². The molecule has 3 heterocycles. The largest absolute Gasteiger partial charge is 0.381 e. The van der Waals surface area contributed by atoms with Crippen LogP contribution in [0.3, 0.4) is 0 Å². The zero-order chi connectivity index (χ0) is 11.0. The Bertz CT molecular complexity index is 505. The van der Waals surface area contributed by atoms with E-state index in [4.69, 9.17) is 4.74 Å². The minimum absolute atomic E-state index is 0.278. The van der Waals surface area contributed by atoms with Crippen molar-refractivity contribution in [2.45, 2.75) is 18.9 Å². The molecule has 4 nitrogen and oxygen atoms in total. The molecule has 0 N–H and O–H groups in total. The quantitative estimate of drug-likeness (QED) is 0.691. The van der Waals surface area contributed by atoms with Gasteiger partial charge in [0.05, 0.1) is 12.2 Å². The van der Waals surface area contributed by atoms with Gasteiger partial charge < -0.3 is 4.74 Å². The lowest BCUT2D eigenvalue weighted by Gasteiger charge is -2.22. The summed E-state index contributed by atoms with van der Waals surface area (Å²) in [4.78, 5) is 3.90. The maximum absolute atomic E-state index is 13.1. The molecule has 0 amide bonds. The molecule has 1 aliphatic rings. The molecular weight excluding hydrogens is 209 g/mol. The number of rotatable bonds is 1. The molecule has 1 saturated heterocycles. The van der Waals surface area contributed by atoms with Crippen LogP contribution in [0.1, 0.15) is 18.9 Å². The molecule has 0 aliphatic carbocycles. The van der Waals surface area contributed by atoms with Crippen molar-refractivity contribution in [1.82, 2.24) is 14.8 Å². The molecule has 2 aromatic rings. The lowest BCUT2D eigenvalue weighted by molar-refractivity contribution is 0.0673. The van der Waals surface area contributed by atoms with Crippen molar-refractivity contribution in [1.29, 1.82) is 0 Å². The molecule has 2 aromatic heterocycles. The maximum Gasteiger partial charge on any atom is 0.214 e. The normalized spacial score (nSPS) is 18.1. The highest BCUT2D eigenvalue weighted by molar-refractivity contribution is 5.74. The van der Waals surface area contributed by atoms with E-state index >= 15 is 0 Å². The Morgan fingerprint density at radius 2 is 2.12 bits per heavy atom. The van der Waals surface area contributed by atoms with E-state index in [1.807, 2.05) is 4.68 Å². The van der Waals surface area contributed by atoms with Gasteiger partial charge in [-0.2, -0.15) is 14.5 Å². The Kier molecular flexibility index (Phi) is 2.32. The Hall–Kier alpha value is -1.49. The zero-order valence-corrected chi connectivity index (χ0v) is 8.77. The number of pyridine rings is 1. The van der Waals surface area contributed by atoms with Crippen LogP contribution < -0.4 is 0 Å². The summed E-state index contributed by atoms with van der Waals surface area (Å²) in [7, 11) is 0. The molecule has 0 radical (unpaired) electrons. The van der Waals surface area contributed by atoms with E-state index < -0.39 is 5.95 Å². The average Bonchev–Trinajstić information content (AvgIpc) is 2.73. The number of halogens is 1. The van der Waals surface area contributed by atoms with Crippen LogP contribution in [0.2, 0.25) is 0 Å². The summed E-state index contributed by atoms with van der Waals surface area (Å²) < 4.78 is 20.2. The van der Waals surface area contributed by atoms with E-state index in [0.29, 0.717) is 5.65 Å². The van der Waals surface area contributed by atoms with E-state index in [9.17, 15) is 4.39 Å². The van der Waals surface area contributed by atoms with Gasteiger partial charge in [0.1, 0.15) is 0 Å². The van der Waals surface area contributed by atoms with Crippen LogP contribution in [-0.4, -0.2) is 28.0 Å². The first-order valence-electron chi connectivity index (χ1n) is 5.42. The summed E-state index contributed by atoms with van der Waals surface area (Å²) in [6.45, 7) is 1.47. The third-order valence-electron chi connectivity index (χ3n) is 2.95. The van der Waals surface area contributed by atoms with Gasteiger partial charge in [0.25, 0.3) is 0 Å². The first-order valence-corrected chi connectivity index (χ1v) is 5.42. The van der Waals surface area contributed by atoms with Gasteiger partial charge in [0.15, 0.2) is 5.65 Å². The van der Waals surface area contributed by atoms with Crippen molar-refractivity contribution in [2.75, 3.05) is 13.2 Å². The van der Waals surface area contributed by atoms with Crippen LogP contribution in [0.15, 0.2) is 18.3 Å². The summed E-state index contributed by atoms with van der Waals surface area (Å²) in [5.74, 6) is -0.457. The first-order chi connectivity index (χ1) is 7.84. The average molecular weight is 221 g/mol. The fraction of sp³-hybridized carbons (Fsp3) is 0.455. The van der Waals surface area contributed by atoms with Gasteiger partial charge in [0.2, 0.25) is 5.95 Å². The minimum atomic E-state index is -0.457. The third-order valence-corrected chi connectivity index (χ3v) is 2.95. The second-order valence-electron chi connectivity index (χ2n) is 3.98. The molecule has 0 aromatic carbocycles. The molecule has 0 bridgehead atoms. The topological polar surface area (TPSA) is 39.9 Å². The predicted molar refractivity (Wildman–Crippen MR) is 56.6 cm³/mol. The Balaban J connectivity index is 2.05. The van der Waals surface area contributed by atoms with Crippen LogP contribution in [0, 0.1) is 5.95 Å². The molecular formula is C11H12FN3O. The summed E-state index contributed by atoms with van der Waals surface area (Å²) in [6.07, 6.45) is 3.56. The number of hydrogen-bond acceptors (Lipinski definition) is 3. The maximum atomic E-state index is 13.1. The van der Waals surface area contributed by atoms with Crippen molar-refractivity contribution in [3.8, 4) is 0 Å². The van der Waals surface area contributed by atoms with E-state index in [-0.39, 0.29) is 6.04 Å². The van der Waals surface area contributed by atoms with Crippen LogP contribution in [0.5, 0.6) is 0 Å². The van der Waals surface area contributed by atoms with Crippen LogP contribution in [0.4, 0.5) is 4.39 Å². The molecule has 0 unspecified atom stereocenters. The molecule has 16 heavy (non-hydrogen) atoms. The highest BCUT2D eigenvalue weighted by Gasteiger charge is 2.19. The lowest BCUT2D eigenvalue weighted by Crippen LogP contribution is -2.20. The molecule has 0 spiro atoms. The van der Waals surface area contributed by atoms with Crippen molar-refractivity contribution in [3.63, 3.8) is 0 Å². The number of hydrogen-bond donors (Lipinski definition) is 0. The van der Waals surface area contributed by atoms with Gasteiger partial charge in [-0.15, -0.1) is 0 Å². The second kappa shape index (κ2) is 3.83. The standard InChI is InChI=1S/C11H12FN3O/c12-10-2-1-8-7-13-15(11(8)14-10)9-3-5-16-6-4-9/h1-2,7,9H,3-6H2. The second-order valence-corrected chi connectivity index (χ2v) is 3.98. The molecule has 84 valence electrons. The van der Waals surface area contributed by atoms with E-state index in [1.54, 1.807) is 12.3 Å². The lowest BCUT2D eigenvalue weighted by atomic mass is 10.1. The van der Waals surface area contributed by atoms with Gasteiger partial charge in [-0.3, -0.25) is 0 Å². The number of aromatic nitrogens is 3. The summed E-state index contributed by atoms with van der Waals surface area (Å²) >= 11 is 0. The Morgan fingerprint density at radius 3 is 2.94 bits per heavy atom. The van der Waals surface area contributed by atoms with E-state index in [0.717, 1.165) is 31.4 Å². The molecule has 5 heteroatoms. The third kappa shape index (κ3) is 1.57. The van der Waals surface area contributed by atoms with Crippen molar-refractivity contribution >= 4 is 11.0 Å². The summed E-state index contributed by atoms with van der Waals surface area (Å²) in [5, 5.41) is 5.17. The minimum Gasteiger partial charge on any atom is -0.381 e. The SMILES string of the molecule is Fc1ccc2cnn(C3CCOCC3)c2n1. The highest BCUT2D eigenvalue weighted by Crippen LogP contribution is 2.24. The highest BCUT2D eigenvalue weighted by atomic mass is 19.1. The Morgan fingerprint density at radius 1 is 1.31 bits per heavy atom. The molecule has 1 aliphatic heterocycles. The fourth-order valence-electron chi connectivity index (χ4n) is 2.10. The van der Waals surface area contributed by atoms with Crippen LogP contribution >= 0.6 is 0 Å². The van der Waals surface area contributed by atoms with Gasteiger partial charge >= 0.3 is 0 Å². The number of nitrogens with zero attached hydrogens (tertiary/aromatic N) is 3. The molecule has 3 rings (SSSR count). The van der Waals surface area contributed by atoms with Gasteiger partial charge in [-0.05, 0) is 25.0 Å². The number of fused-ring (bicyclic) bond motifs is 1.